The average molecular weight is 361 g/mol. The summed E-state index contributed by atoms with van der Waals surface area (Å²) in [5.41, 5.74) is 3.87. The second kappa shape index (κ2) is 6.72. The third kappa shape index (κ3) is 3.67. The van der Waals surface area contributed by atoms with Gasteiger partial charge in [0.1, 0.15) is 0 Å². The second-order valence-electron chi connectivity index (χ2n) is 6.54. The highest BCUT2D eigenvalue weighted by atomic mass is 32.2. The molecular weight excluding hydrogens is 338 g/mol. The van der Waals surface area contributed by atoms with Crippen molar-refractivity contribution in [1.82, 2.24) is 14.2 Å². The van der Waals surface area contributed by atoms with Crippen molar-refractivity contribution in [3.8, 4) is 0 Å². The van der Waals surface area contributed by atoms with E-state index in [1.54, 1.807) is 4.90 Å². The number of hydrogen-bond acceptors (Lipinski definition) is 4. The monoisotopic (exact) mass is 361 g/mol. The first-order chi connectivity index (χ1) is 11.8. The summed E-state index contributed by atoms with van der Waals surface area (Å²) in [6, 6.07) is 7.93. The fourth-order valence-corrected chi connectivity index (χ4v) is 4.19. The van der Waals surface area contributed by atoms with E-state index in [9.17, 15) is 13.2 Å². The maximum Gasteiger partial charge on any atom is 0.227 e. The van der Waals surface area contributed by atoms with Gasteiger partial charge >= 0.3 is 0 Å². The zero-order valence-corrected chi connectivity index (χ0v) is 15.6. The topological polar surface area (TPSA) is 70.6 Å². The Morgan fingerprint density at radius 2 is 1.76 bits per heavy atom. The Labute approximate surface area is 148 Å². The van der Waals surface area contributed by atoms with Crippen LogP contribution in [0.15, 0.2) is 24.3 Å². The van der Waals surface area contributed by atoms with Crippen LogP contribution in [0.5, 0.6) is 0 Å². The lowest BCUT2D eigenvalue weighted by Gasteiger charge is -2.33. The summed E-state index contributed by atoms with van der Waals surface area (Å²) in [5.74, 6) is 0.0245. The second-order valence-corrected chi connectivity index (χ2v) is 8.52. The van der Waals surface area contributed by atoms with Crippen LogP contribution in [0, 0.1) is 13.8 Å². The van der Waals surface area contributed by atoms with Crippen LogP contribution in [-0.2, 0) is 21.2 Å². The molecule has 1 aliphatic heterocycles. The summed E-state index contributed by atoms with van der Waals surface area (Å²) in [6.07, 6.45) is 1.51. The molecule has 0 spiro atoms. The van der Waals surface area contributed by atoms with Crippen LogP contribution in [0.2, 0.25) is 0 Å². The first-order valence-electron chi connectivity index (χ1n) is 8.35. The summed E-state index contributed by atoms with van der Waals surface area (Å²) in [7, 11) is -3.19. The molecule has 0 atom stereocenters. The fourth-order valence-electron chi connectivity index (χ4n) is 3.36. The van der Waals surface area contributed by atoms with E-state index in [2.05, 4.69) is 4.98 Å². The van der Waals surface area contributed by atoms with E-state index in [4.69, 9.17) is 0 Å². The van der Waals surface area contributed by atoms with Crippen LogP contribution < -0.4 is 0 Å². The SMILES string of the molecule is Cc1nc2ccccc2c(C)c1CC(=O)N1CCN(S(C)(=O)=O)CC1. The molecule has 0 N–H and O–H groups in total. The normalized spacial score (nSPS) is 16.4. The van der Waals surface area contributed by atoms with Crippen molar-refractivity contribution in [3.05, 3.63) is 41.1 Å². The standard InChI is InChI=1S/C18H23N3O3S/c1-13-15-6-4-5-7-17(15)19-14(2)16(13)12-18(22)20-8-10-21(11-9-20)25(3,23)24/h4-7H,8-12H2,1-3H3. The Hall–Kier alpha value is -1.99. The lowest BCUT2D eigenvalue weighted by molar-refractivity contribution is -0.131. The van der Waals surface area contributed by atoms with Gasteiger partial charge < -0.3 is 4.90 Å². The molecule has 2 heterocycles. The van der Waals surface area contributed by atoms with Gasteiger partial charge in [-0.25, -0.2) is 8.42 Å². The van der Waals surface area contributed by atoms with Crippen LogP contribution >= 0.6 is 0 Å². The van der Waals surface area contributed by atoms with Crippen LogP contribution in [0.3, 0.4) is 0 Å². The van der Waals surface area contributed by atoms with Gasteiger partial charge in [0.25, 0.3) is 0 Å². The quantitative estimate of drug-likeness (QED) is 0.831. The molecule has 0 aliphatic carbocycles. The van der Waals surface area contributed by atoms with Crippen molar-refractivity contribution < 1.29 is 13.2 Å². The summed E-state index contributed by atoms with van der Waals surface area (Å²) in [5, 5.41) is 1.07. The third-order valence-corrected chi connectivity index (χ3v) is 6.18. The number of piperazine rings is 1. The lowest BCUT2D eigenvalue weighted by Crippen LogP contribution is -2.50. The van der Waals surface area contributed by atoms with Crippen molar-refractivity contribution in [2.75, 3.05) is 32.4 Å². The number of hydrogen-bond donors (Lipinski definition) is 0. The molecule has 7 heteroatoms. The van der Waals surface area contributed by atoms with Crippen LogP contribution in [0.25, 0.3) is 10.9 Å². The van der Waals surface area contributed by atoms with Crippen molar-refractivity contribution in [1.29, 1.82) is 0 Å². The largest absolute Gasteiger partial charge is 0.340 e. The number of para-hydroxylation sites is 1. The Kier molecular flexibility index (Phi) is 4.79. The zero-order valence-electron chi connectivity index (χ0n) is 14.8. The predicted molar refractivity (Wildman–Crippen MR) is 97.9 cm³/mol. The minimum atomic E-state index is -3.19. The molecule has 3 rings (SSSR count). The summed E-state index contributed by atoms with van der Waals surface area (Å²) >= 11 is 0. The van der Waals surface area contributed by atoms with Crippen LogP contribution in [0.1, 0.15) is 16.8 Å². The average Bonchev–Trinajstić information content (AvgIpc) is 2.58. The molecule has 1 fully saturated rings. The molecule has 6 nitrogen and oxygen atoms in total. The van der Waals surface area contributed by atoms with E-state index < -0.39 is 10.0 Å². The molecule has 0 saturated carbocycles. The summed E-state index contributed by atoms with van der Waals surface area (Å²) in [6.45, 7) is 5.55. The number of nitrogens with zero attached hydrogens (tertiary/aromatic N) is 3. The van der Waals surface area contributed by atoms with Gasteiger partial charge in [-0.15, -0.1) is 0 Å². The number of aromatic nitrogens is 1. The highest BCUT2D eigenvalue weighted by Crippen LogP contribution is 2.23. The number of amides is 1. The van der Waals surface area contributed by atoms with Gasteiger partial charge in [0.05, 0.1) is 18.2 Å². The maximum absolute atomic E-state index is 12.7. The van der Waals surface area contributed by atoms with Crippen LogP contribution in [-0.4, -0.2) is 60.9 Å². The first-order valence-corrected chi connectivity index (χ1v) is 10.2. The number of rotatable bonds is 3. The number of fused-ring (bicyclic) bond motifs is 1. The Bertz CT molecular complexity index is 917. The minimum absolute atomic E-state index is 0.0245. The van der Waals surface area contributed by atoms with Gasteiger partial charge in [-0.05, 0) is 31.0 Å². The van der Waals surface area contributed by atoms with Crippen molar-refractivity contribution >= 4 is 26.8 Å². The molecular formula is C18H23N3O3S. The molecule has 1 amide bonds. The molecule has 1 aromatic heterocycles. The van der Waals surface area contributed by atoms with Crippen molar-refractivity contribution in [3.63, 3.8) is 0 Å². The van der Waals surface area contributed by atoms with Gasteiger partial charge in [0.15, 0.2) is 0 Å². The molecule has 0 unspecified atom stereocenters. The Morgan fingerprint density at radius 1 is 1.12 bits per heavy atom. The van der Waals surface area contributed by atoms with E-state index in [1.165, 1.54) is 10.6 Å². The van der Waals surface area contributed by atoms with Gasteiger partial charge in [0, 0.05) is 37.3 Å². The maximum atomic E-state index is 12.7. The molecule has 25 heavy (non-hydrogen) atoms. The molecule has 1 saturated heterocycles. The Morgan fingerprint density at radius 3 is 2.40 bits per heavy atom. The summed E-state index contributed by atoms with van der Waals surface area (Å²) in [4.78, 5) is 19.1. The Balaban J connectivity index is 1.77. The molecule has 1 aliphatic rings. The molecule has 2 aromatic rings. The fraction of sp³-hybridized carbons (Fsp3) is 0.444. The van der Waals surface area contributed by atoms with Crippen molar-refractivity contribution in [2.24, 2.45) is 0 Å². The van der Waals surface area contributed by atoms with Crippen LogP contribution in [0.4, 0.5) is 0 Å². The highest BCUT2D eigenvalue weighted by Gasteiger charge is 2.26. The van der Waals surface area contributed by atoms with Crippen molar-refractivity contribution in [2.45, 2.75) is 20.3 Å². The minimum Gasteiger partial charge on any atom is -0.340 e. The molecule has 0 bridgehead atoms. The number of benzene rings is 1. The van der Waals surface area contributed by atoms with Gasteiger partial charge in [0.2, 0.25) is 15.9 Å². The number of sulfonamides is 1. The smallest absolute Gasteiger partial charge is 0.227 e. The number of aryl methyl sites for hydroxylation is 2. The third-order valence-electron chi connectivity index (χ3n) is 4.87. The van der Waals surface area contributed by atoms with Gasteiger partial charge in [-0.2, -0.15) is 4.31 Å². The number of carbonyl (C=O) groups is 1. The highest BCUT2D eigenvalue weighted by molar-refractivity contribution is 7.88. The van der Waals surface area contributed by atoms with E-state index in [0.717, 1.165) is 27.7 Å². The van der Waals surface area contributed by atoms with E-state index in [0.29, 0.717) is 32.6 Å². The molecule has 134 valence electrons. The van der Waals surface area contributed by atoms with E-state index in [-0.39, 0.29) is 5.91 Å². The van der Waals surface area contributed by atoms with Gasteiger partial charge in [-0.3, -0.25) is 9.78 Å². The lowest BCUT2D eigenvalue weighted by atomic mass is 9.99. The summed E-state index contributed by atoms with van der Waals surface area (Å²) < 4.78 is 24.6. The molecule has 0 radical (unpaired) electrons. The zero-order chi connectivity index (χ0) is 18.2. The first kappa shape index (κ1) is 17.8. The van der Waals surface area contributed by atoms with E-state index >= 15 is 0 Å². The number of carbonyl (C=O) groups excluding carboxylic acids is 1. The van der Waals surface area contributed by atoms with Gasteiger partial charge in [-0.1, -0.05) is 18.2 Å². The number of pyridine rings is 1. The predicted octanol–water partition coefficient (Wildman–Crippen LogP) is 1.50. The molecule has 1 aromatic carbocycles. The van der Waals surface area contributed by atoms with E-state index in [1.807, 2.05) is 38.1 Å².